The molecule has 1 saturated heterocycles. The van der Waals surface area contributed by atoms with Crippen LogP contribution >= 0.6 is 0 Å². The van der Waals surface area contributed by atoms with Crippen LogP contribution < -0.4 is 4.90 Å². The Labute approximate surface area is 114 Å². The first-order chi connectivity index (χ1) is 9.02. The molecule has 106 valence electrons. The molecule has 1 aliphatic heterocycles. The van der Waals surface area contributed by atoms with Crippen LogP contribution in [0.3, 0.4) is 0 Å². The minimum atomic E-state index is -0.0595. The average molecular weight is 265 g/mol. The Hall–Kier alpha value is -1.20. The molecule has 0 amide bonds. The van der Waals surface area contributed by atoms with Crippen LogP contribution in [0.25, 0.3) is 0 Å². The third-order valence-electron chi connectivity index (χ3n) is 3.45. The second-order valence-electron chi connectivity index (χ2n) is 5.52. The van der Waals surface area contributed by atoms with Crippen LogP contribution in [0.1, 0.15) is 45.1 Å². The molecule has 2 unspecified atom stereocenters. The number of morpholine rings is 1. The first-order valence-electron chi connectivity index (χ1n) is 6.87. The summed E-state index contributed by atoms with van der Waals surface area (Å²) < 4.78 is 5.63. The highest BCUT2D eigenvalue weighted by Gasteiger charge is 2.26. The number of hydrogen-bond donors (Lipinski definition) is 1. The first-order valence-corrected chi connectivity index (χ1v) is 6.87. The SMILES string of the molecule is CC1CN(c2cnc(C(C)C)nc2CO)C(C)CO1. The van der Waals surface area contributed by atoms with Crippen LogP contribution in [0.15, 0.2) is 6.20 Å². The maximum absolute atomic E-state index is 9.56. The van der Waals surface area contributed by atoms with Gasteiger partial charge in [0.15, 0.2) is 0 Å². The molecule has 0 radical (unpaired) electrons. The normalized spacial score (nSPS) is 24.0. The minimum absolute atomic E-state index is 0.0595. The molecular formula is C14H23N3O2. The molecule has 0 aliphatic carbocycles. The Balaban J connectivity index is 2.32. The van der Waals surface area contributed by atoms with Gasteiger partial charge in [0.25, 0.3) is 0 Å². The Kier molecular flexibility index (Phi) is 4.37. The lowest BCUT2D eigenvalue weighted by atomic mass is 10.1. The van der Waals surface area contributed by atoms with Gasteiger partial charge in [-0.15, -0.1) is 0 Å². The minimum Gasteiger partial charge on any atom is -0.390 e. The fraction of sp³-hybridized carbons (Fsp3) is 0.714. The number of aromatic nitrogens is 2. The van der Waals surface area contributed by atoms with E-state index in [1.54, 1.807) is 0 Å². The Bertz CT molecular complexity index is 437. The van der Waals surface area contributed by atoms with Crippen LogP contribution in [0.2, 0.25) is 0 Å². The van der Waals surface area contributed by atoms with Crippen molar-refractivity contribution in [2.24, 2.45) is 0 Å². The number of nitrogens with zero attached hydrogens (tertiary/aromatic N) is 3. The lowest BCUT2D eigenvalue weighted by Gasteiger charge is -2.38. The largest absolute Gasteiger partial charge is 0.390 e. The monoisotopic (exact) mass is 265 g/mol. The zero-order valence-corrected chi connectivity index (χ0v) is 12.1. The van der Waals surface area contributed by atoms with Crippen LogP contribution in [0.5, 0.6) is 0 Å². The van der Waals surface area contributed by atoms with Crippen LogP contribution in [0.4, 0.5) is 5.69 Å². The number of hydrogen-bond acceptors (Lipinski definition) is 5. The van der Waals surface area contributed by atoms with Gasteiger partial charge < -0.3 is 14.7 Å². The van der Waals surface area contributed by atoms with Gasteiger partial charge in [0.05, 0.1) is 36.9 Å². The highest BCUT2D eigenvalue weighted by atomic mass is 16.5. The van der Waals surface area contributed by atoms with Gasteiger partial charge >= 0.3 is 0 Å². The summed E-state index contributed by atoms with van der Waals surface area (Å²) in [7, 11) is 0. The summed E-state index contributed by atoms with van der Waals surface area (Å²) in [5.41, 5.74) is 1.63. The molecule has 0 saturated carbocycles. The van der Waals surface area contributed by atoms with Crippen LogP contribution in [-0.2, 0) is 11.3 Å². The van der Waals surface area contributed by atoms with E-state index in [0.717, 1.165) is 18.1 Å². The second-order valence-corrected chi connectivity index (χ2v) is 5.52. The smallest absolute Gasteiger partial charge is 0.131 e. The molecule has 2 heterocycles. The maximum atomic E-state index is 9.56. The molecule has 1 aliphatic rings. The number of rotatable bonds is 3. The van der Waals surface area contributed by atoms with Crippen molar-refractivity contribution < 1.29 is 9.84 Å². The van der Waals surface area contributed by atoms with Crippen LogP contribution in [0, 0.1) is 0 Å². The molecule has 5 nitrogen and oxygen atoms in total. The summed E-state index contributed by atoms with van der Waals surface area (Å²) >= 11 is 0. The van der Waals surface area contributed by atoms with E-state index in [4.69, 9.17) is 4.74 Å². The molecule has 0 bridgehead atoms. The van der Waals surface area contributed by atoms with Gasteiger partial charge in [-0.1, -0.05) is 13.8 Å². The van der Waals surface area contributed by atoms with E-state index in [1.807, 2.05) is 6.20 Å². The summed E-state index contributed by atoms with van der Waals surface area (Å²) in [6.07, 6.45) is 2.02. The fourth-order valence-electron chi connectivity index (χ4n) is 2.30. The van der Waals surface area contributed by atoms with Crippen LogP contribution in [-0.4, -0.2) is 40.4 Å². The van der Waals surface area contributed by atoms with E-state index in [0.29, 0.717) is 12.3 Å². The molecule has 0 spiro atoms. The Morgan fingerprint density at radius 1 is 1.47 bits per heavy atom. The summed E-state index contributed by atoms with van der Waals surface area (Å²) in [4.78, 5) is 11.1. The van der Waals surface area contributed by atoms with Crippen molar-refractivity contribution in [1.29, 1.82) is 0 Å². The second kappa shape index (κ2) is 5.84. The van der Waals surface area contributed by atoms with Gasteiger partial charge in [0, 0.05) is 18.5 Å². The molecule has 1 fully saturated rings. The van der Waals surface area contributed by atoms with Gasteiger partial charge in [-0.2, -0.15) is 0 Å². The molecular weight excluding hydrogens is 242 g/mol. The lowest BCUT2D eigenvalue weighted by molar-refractivity contribution is 0.0341. The quantitative estimate of drug-likeness (QED) is 0.901. The lowest BCUT2D eigenvalue weighted by Crippen LogP contribution is -2.48. The molecule has 2 rings (SSSR count). The van der Waals surface area contributed by atoms with Crippen molar-refractivity contribution in [2.45, 2.75) is 52.4 Å². The Morgan fingerprint density at radius 2 is 2.21 bits per heavy atom. The molecule has 2 atom stereocenters. The van der Waals surface area contributed by atoms with E-state index in [2.05, 4.69) is 42.6 Å². The highest BCUT2D eigenvalue weighted by molar-refractivity contribution is 5.50. The molecule has 1 aromatic heterocycles. The predicted molar refractivity (Wildman–Crippen MR) is 74.3 cm³/mol. The summed E-state index contributed by atoms with van der Waals surface area (Å²) in [6, 6.07) is 0.273. The van der Waals surface area contributed by atoms with Gasteiger partial charge in [0.2, 0.25) is 0 Å². The number of aliphatic hydroxyl groups excluding tert-OH is 1. The van der Waals surface area contributed by atoms with Gasteiger partial charge in [-0.05, 0) is 13.8 Å². The van der Waals surface area contributed by atoms with E-state index >= 15 is 0 Å². The van der Waals surface area contributed by atoms with Crippen molar-refractivity contribution in [3.8, 4) is 0 Å². The topological polar surface area (TPSA) is 58.5 Å². The standard InChI is InChI=1S/C14H23N3O2/c1-9(2)14-15-5-13(12(7-18)16-14)17-6-11(4)19-8-10(17)3/h5,9-11,18H,6-8H2,1-4H3. The number of anilines is 1. The maximum Gasteiger partial charge on any atom is 0.131 e. The van der Waals surface area contributed by atoms with Gasteiger partial charge in [0.1, 0.15) is 5.82 Å². The predicted octanol–water partition coefficient (Wildman–Crippen LogP) is 1.71. The third-order valence-corrected chi connectivity index (χ3v) is 3.45. The van der Waals surface area contributed by atoms with Crippen molar-refractivity contribution in [2.75, 3.05) is 18.1 Å². The molecule has 5 heteroatoms. The van der Waals surface area contributed by atoms with Gasteiger partial charge in [-0.25, -0.2) is 9.97 Å². The van der Waals surface area contributed by atoms with E-state index < -0.39 is 0 Å². The highest BCUT2D eigenvalue weighted by Crippen LogP contribution is 2.25. The van der Waals surface area contributed by atoms with Gasteiger partial charge in [-0.3, -0.25) is 0 Å². The summed E-state index contributed by atoms with van der Waals surface area (Å²) in [6.45, 7) is 9.71. The van der Waals surface area contributed by atoms with E-state index in [-0.39, 0.29) is 24.7 Å². The summed E-state index contributed by atoms with van der Waals surface area (Å²) in [5, 5.41) is 9.56. The number of ether oxygens (including phenoxy) is 1. The fourth-order valence-corrected chi connectivity index (χ4v) is 2.30. The van der Waals surface area contributed by atoms with Crippen molar-refractivity contribution in [3.63, 3.8) is 0 Å². The molecule has 1 aromatic rings. The zero-order chi connectivity index (χ0) is 14.0. The van der Waals surface area contributed by atoms with E-state index in [9.17, 15) is 5.11 Å². The van der Waals surface area contributed by atoms with Crippen molar-refractivity contribution in [1.82, 2.24) is 9.97 Å². The first kappa shape index (κ1) is 14.2. The molecule has 0 aromatic carbocycles. The molecule has 19 heavy (non-hydrogen) atoms. The third kappa shape index (κ3) is 3.04. The average Bonchev–Trinajstić information content (AvgIpc) is 2.40. The zero-order valence-electron chi connectivity index (χ0n) is 12.1. The molecule has 1 N–H and O–H groups in total. The summed E-state index contributed by atoms with van der Waals surface area (Å²) in [5.74, 6) is 1.04. The van der Waals surface area contributed by atoms with Crippen molar-refractivity contribution >= 4 is 5.69 Å². The van der Waals surface area contributed by atoms with Crippen molar-refractivity contribution in [3.05, 3.63) is 17.7 Å². The Morgan fingerprint density at radius 3 is 2.84 bits per heavy atom. The van der Waals surface area contributed by atoms with E-state index in [1.165, 1.54) is 0 Å². The number of aliphatic hydroxyl groups is 1.